The van der Waals surface area contributed by atoms with Crippen LogP contribution < -0.4 is 15.7 Å². The molecule has 0 aromatic carbocycles. The second-order valence-corrected chi connectivity index (χ2v) is 7.99. The predicted octanol–water partition coefficient (Wildman–Crippen LogP) is 3.69. The summed E-state index contributed by atoms with van der Waals surface area (Å²) < 4.78 is 0. The predicted molar refractivity (Wildman–Crippen MR) is 149 cm³/mol. The first-order valence-electron chi connectivity index (χ1n) is 12.1. The minimum absolute atomic E-state index is 0. The van der Waals surface area contributed by atoms with Gasteiger partial charge < -0.3 is 41.3 Å². The number of pyridine rings is 4. The number of carbonyl (C=O) groups is 1. The Balaban J connectivity index is 0.000000545. The van der Waals surface area contributed by atoms with Crippen LogP contribution in [0.5, 0.6) is 0 Å². The second-order valence-electron chi connectivity index (χ2n) is 7.99. The summed E-state index contributed by atoms with van der Waals surface area (Å²) in [4.78, 5) is 35.0. The van der Waals surface area contributed by atoms with Crippen molar-refractivity contribution in [2.45, 2.75) is 32.1 Å². The third kappa shape index (κ3) is 17.6. The number of carbonyl (C=O) groups excluding carboxylic acids is 1. The molecule has 1 fully saturated rings. The Bertz CT molecular complexity index is 1050. The van der Waals surface area contributed by atoms with Gasteiger partial charge in [0.1, 0.15) is 23.3 Å². The van der Waals surface area contributed by atoms with Gasteiger partial charge in [0.15, 0.2) is 0 Å². The third-order valence-corrected chi connectivity index (χ3v) is 5.11. The molecule has 0 amide bonds. The number of nitrogens with zero attached hydrogens (tertiary/aromatic N) is 5. The van der Waals surface area contributed by atoms with Gasteiger partial charge in [-0.2, -0.15) is 0 Å². The molecule has 4 heterocycles. The maximum absolute atomic E-state index is 10.2. The van der Waals surface area contributed by atoms with Crippen LogP contribution in [0.3, 0.4) is 0 Å². The molecule has 0 aliphatic heterocycles. The van der Waals surface area contributed by atoms with E-state index < -0.39 is 11.1 Å². The van der Waals surface area contributed by atoms with E-state index in [0.717, 1.165) is 49.0 Å². The normalized spacial score (nSPS) is 11.4. The van der Waals surface area contributed by atoms with Crippen LogP contribution in [0, 0.1) is 21.2 Å². The van der Waals surface area contributed by atoms with Gasteiger partial charge in [0.25, 0.3) is 0 Å². The van der Waals surface area contributed by atoms with Crippen LogP contribution in [0.4, 0.5) is 23.3 Å². The van der Waals surface area contributed by atoms with Crippen molar-refractivity contribution in [3.8, 4) is 0 Å². The molecule has 1 aliphatic carbocycles. The van der Waals surface area contributed by atoms with Crippen molar-refractivity contribution < 1.29 is 39.9 Å². The molecule has 1 aliphatic rings. The van der Waals surface area contributed by atoms with Crippen molar-refractivity contribution in [1.82, 2.24) is 19.9 Å². The summed E-state index contributed by atoms with van der Waals surface area (Å²) in [6.07, 6.45) is 12.0. The van der Waals surface area contributed by atoms with Gasteiger partial charge in [-0.25, -0.2) is 19.9 Å². The minimum Gasteiger partial charge on any atom is -0.550 e. The van der Waals surface area contributed by atoms with Crippen molar-refractivity contribution in [3.05, 3.63) is 113 Å². The Morgan fingerprint density at radius 3 is 1.15 bits per heavy atom. The fourth-order valence-electron chi connectivity index (χ4n) is 3.35. The van der Waals surface area contributed by atoms with Crippen LogP contribution in [0.15, 0.2) is 97.6 Å². The van der Waals surface area contributed by atoms with Gasteiger partial charge >= 0.3 is 19.5 Å². The zero-order chi connectivity index (χ0) is 28.1. The number of aliphatic carboxylic acids is 1. The number of carboxylic acid groups (broad SMARTS) is 1. The molecule has 4 aromatic rings. The van der Waals surface area contributed by atoms with Crippen LogP contribution in [-0.2, 0) is 24.3 Å². The van der Waals surface area contributed by atoms with Crippen LogP contribution in [-0.4, -0.2) is 36.5 Å². The van der Waals surface area contributed by atoms with Gasteiger partial charge in [-0.1, -0.05) is 43.5 Å². The van der Waals surface area contributed by atoms with Gasteiger partial charge in [0, 0.05) is 30.8 Å². The summed E-state index contributed by atoms with van der Waals surface area (Å²) in [5.74, 6) is 2.23. The molecular weight excluding hydrogens is 584 g/mol. The van der Waals surface area contributed by atoms with Gasteiger partial charge in [0.05, 0.1) is 5.09 Å². The number of hydrogen-bond acceptors (Lipinski definition) is 11. The van der Waals surface area contributed by atoms with E-state index in [2.05, 4.69) is 30.6 Å². The first kappa shape index (κ1) is 36.5. The van der Waals surface area contributed by atoms with Crippen molar-refractivity contribution in [1.29, 1.82) is 0 Å². The molecular formula is C27H31N7O6Zn. The van der Waals surface area contributed by atoms with Crippen molar-refractivity contribution in [3.63, 3.8) is 0 Å². The molecule has 13 nitrogen and oxygen atoms in total. The van der Waals surface area contributed by atoms with Crippen molar-refractivity contribution in [2.75, 3.05) is 10.6 Å². The molecule has 0 spiro atoms. The first-order valence-corrected chi connectivity index (χ1v) is 12.1. The van der Waals surface area contributed by atoms with Crippen LogP contribution >= 0.6 is 0 Å². The number of nitrogens with one attached hydrogen (secondary N) is 2. The van der Waals surface area contributed by atoms with Crippen molar-refractivity contribution in [2.24, 2.45) is 5.92 Å². The molecule has 4 aromatic heterocycles. The van der Waals surface area contributed by atoms with E-state index in [-0.39, 0.29) is 30.9 Å². The third-order valence-electron chi connectivity index (χ3n) is 5.11. The number of carboxylic acids is 1. The molecule has 0 unspecified atom stereocenters. The molecule has 5 rings (SSSR count). The molecule has 41 heavy (non-hydrogen) atoms. The largest absolute Gasteiger partial charge is 2.00 e. The van der Waals surface area contributed by atoms with Gasteiger partial charge in [-0.3, -0.25) is 0 Å². The molecule has 14 heteroatoms. The first-order chi connectivity index (χ1) is 18.9. The molecule has 4 N–H and O–H groups in total. The smallest absolute Gasteiger partial charge is 0.550 e. The van der Waals surface area contributed by atoms with E-state index in [1.807, 2.05) is 72.8 Å². The molecule has 1 saturated carbocycles. The van der Waals surface area contributed by atoms with Gasteiger partial charge in [-0.15, -0.1) is 0 Å². The molecule has 0 bridgehead atoms. The topological polar surface area (TPSA) is 213 Å². The fraction of sp³-hybridized carbons (Fsp3) is 0.222. The molecule has 212 valence electrons. The van der Waals surface area contributed by atoms with E-state index >= 15 is 0 Å². The van der Waals surface area contributed by atoms with Crippen LogP contribution in [0.25, 0.3) is 0 Å². The summed E-state index contributed by atoms with van der Waals surface area (Å²) in [5.41, 5.74) is 0. The zero-order valence-electron chi connectivity index (χ0n) is 22.3. The zero-order valence-corrected chi connectivity index (χ0v) is 25.3. The van der Waals surface area contributed by atoms with E-state index in [1.165, 1.54) is 6.42 Å². The second kappa shape index (κ2) is 22.3. The van der Waals surface area contributed by atoms with Crippen LogP contribution in [0.2, 0.25) is 0 Å². The monoisotopic (exact) mass is 613 g/mol. The van der Waals surface area contributed by atoms with Gasteiger partial charge in [0.2, 0.25) is 0 Å². The van der Waals surface area contributed by atoms with E-state index in [0.29, 0.717) is 0 Å². The summed E-state index contributed by atoms with van der Waals surface area (Å²) in [6, 6.07) is 22.8. The number of aromatic nitrogens is 4. The average Bonchev–Trinajstić information content (AvgIpc) is 2.96. The summed E-state index contributed by atoms with van der Waals surface area (Å²) >= 11 is 0. The number of hydrogen-bond donors (Lipinski definition) is 2. The average molecular weight is 615 g/mol. The van der Waals surface area contributed by atoms with Gasteiger partial charge in [-0.05, 0) is 67.3 Å². The van der Waals surface area contributed by atoms with Crippen molar-refractivity contribution >= 4 is 29.2 Å². The summed E-state index contributed by atoms with van der Waals surface area (Å²) in [7, 11) is 0. The Hall–Kier alpha value is -4.55. The Labute approximate surface area is 250 Å². The maximum atomic E-state index is 10.2. The fourth-order valence-corrected chi connectivity index (χ4v) is 3.35. The summed E-state index contributed by atoms with van der Waals surface area (Å²) in [5, 5.41) is 31.2. The Kier molecular flexibility index (Phi) is 19.8. The quantitative estimate of drug-likeness (QED) is 0.188. The minimum atomic E-state index is -1.75. The van der Waals surface area contributed by atoms with E-state index in [1.54, 1.807) is 24.8 Å². The Morgan fingerprint density at radius 1 is 0.659 bits per heavy atom. The standard InChI is InChI=1S/2C10H9N3.C7H12O2.NO3.H2O.Zn/c2*1-3-7-11-9(5-1)13-10-6-2-4-8-12-10;8-7(9)6-4-2-1-3-5-6;2-1(3)4;;/h2*1-8H,(H,11,12,13);6H,1-5H2,(H,8,9);;1H2;/q;;;-1;;+2/p-1. The maximum Gasteiger partial charge on any atom is 2.00 e. The SMILES string of the molecule is O.O=C([O-])C1CCCCC1.O=[N+]([O-])[O-].[Zn+2].c1ccc(Nc2ccccn2)nc1.c1ccc(Nc2ccccn2)nc1. The van der Waals surface area contributed by atoms with E-state index in [9.17, 15) is 9.90 Å². The Morgan fingerprint density at radius 2 is 0.951 bits per heavy atom. The summed E-state index contributed by atoms with van der Waals surface area (Å²) in [6.45, 7) is 0. The van der Waals surface area contributed by atoms with E-state index in [4.69, 9.17) is 15.3 Å². The molecule has 0 atom stereocenters. The molecule has 0 radical (unpaired) electrons. The molecule has 0 saturated heterocycles. The van der Waals surface area contributed by atoms with Crippen LogP contribution in [0.1, 0.15) is 32.1 Å². The number of anilines is 4. The number of rotatable bonds is 5.